The summed E-state index contributed by atoms with van der Waals surface area (Å²) in [5.74, 6) is -0.482. The Labute approximate surface area is 199 Å². The Morgan fingerprint density at radius 1 is 1.03 bits per heavy atom. The number of benzene rings is 2. The lowest BCUT2D eigenvalue weighted by Crippen LogP contribution is -2.41. The molecule has 7 nitrogen and oxygen atoms in total. The monoisotopic (exact) mass is 497 g/mol. The molecule has 0 atom stereocenters. The number of likely N-dealkylation sites (N-methyl/N-ethyl adjacent to an activating group) is 1. The second-order valence-electron chi connectivity index (χ2n) is 6.95. The van der Waals surface area contributed by atoms with E-state index in [2.05, 4.69) is 23.7 Å². The summed E-state index contributed by atoms with van der Waals surface area (Å²) in [5.41, 5.74) is 0.663. The quantitative estimate of drug-likeness (QED) is 0.423. The Bertz CT molecular complexity index is 1130. The van der Waals surface area contributed by atoms with E-state index in [0.29, 0.717) is 29.5 Å². The molecule has 3 rings (SSSR count). The van der Waals surface area contributed by atoms with Crippen molar-refractivity contribution in [1.82, 2.24) is 9.88 Å². The highest BCUT2D eigenvalue weighted by Gasteiger charge is 2.27. The van der Waals surface area contributed by atoms with Crippen LogP contribution in [0.15, 0.2) is 53.4 Å². The molecule has 1 amide bonds. The Hall–Kier alpha value is -2.20. The highest BCUT2D eigenvalue weighted by molar-refractivity contribution is 7.92. The third-order valence-corrected chi connectivity index (χ3v) is 7.73. The molecule has 0 aliphatic rings. The normalized spacial score (nSPS) is 11.4. The van der Waals surface area contributed by atoms with Crippen LogP contribution in [0.2, 0.25) is 0 Å². The highest BCUT2D eigenvalue weighted by atomic mass is 35.5. The number of fused-ring (bicyclic) bond motifs is 1. The fourth-order valence-electron chi connectivity index (χ4n) is 3.25. The summed E-state index contributed by atoms with van der Waals surface area (Å²) in [6.45, 7) is 6.77. The topological polar surface area (TPSA) is 79.8 Å². The first kappa shape index (κ1) is 26.1. The number of nitrogens with zero attached hydrogens (tertiary/aromatic N) is 3. The fraction of sp³-hybridized carbons (Fsp3) is 0.364. The number of thiazole rings is 1. The summed E-state index contributed by atoms with van der Waals surface area (Å²) in [5, 5.41) is 0.472. The van der Waals surface area contributed by atoms with Crippen LogP contribution in [0.25, 0.3) is 10.2 Å². The summed E-state index contributed by atoms with van der Waals surface area (Å²) < 4.78 is 31.9. The van der Waals surface area contributed by atoms with Crippen LogP contribution in [0.5, 0.6) is 5.75 Å². The minimum atomic E-state index is -3.76. The molecule has 0 spiro atoms. The first-order valence-corrected chi connectivity index (χ1v) is 12.6. The molecular weight excluding hydrogens is 470 g/mol. The Kier molecular flexibility index (Phi) is 9.45. The van der Waals surface area contributed by atoms with Crippen LogP contribution in [-0.2, 0) is 14.6 Å². The minimum Gasteiger partial charge on any atom is -0.494 e. The van der Waals surface area contributed by atoms with Crippen LogP contribution < -0.4 is 9.64 Å². The lowest BCUT2D eigenvalue weighted by atomic mass is 10.3. The zero-order valence-corrected chi connectivity index (χ0v) is 20.8. The van der Waals surface area contributed by atoms with Gasteiger partial charge in [-0.05, 0) is 37.4 Å². The molecule has 0 fully saturated rings. The van der Waals surface area contributed by atoms with Crippen molar-refractivity contribution >= 4 is 54.8 Å². The number of aromatic nitrogens is 1. The number of carbonyl (C=O) groups excluding carboxylic acids is 1. The molecule has 0 aliphatic heterocycles. The van der Waals surface area contributed by atoms with Gasteiger partial charge in [-0.2, -0.15) is 0 Å². The Balaban J connectivity index is 0.00000363. The van der Waals surface area contributed by atoms with Gasteiger partial charge in [0, 0.05) is 13.1 Å². The first-order chi connectivity index (χ1) is 14.9. The molecule has 1 heterocycles. The summed E-state index contributed by atoms with van der Waals surface area (Å²) in [6, 6.07) is 13.6. The van der Waals surface area contributed by atoms with E-state index in [9.17, 15) is 13.2 Å². The van der Waals surface area contributed by atoms with Gasteiger partial charge in [0.15, 0.2) is 15.0 Å². The third kappa shape index (κ3) is 5.98. The van der Waals surface area contributed by atoms with Crippen LogP contribution in [0.4, 0.5) is 5.13 Å². The van der Waals surface area contributed by atoms with Gasteiger partial charge in [-0.15, -0.1) is 12.4 Å². The van der Waals surface area contributed by atoms with Crippen molar-refractivity contribution in [3.05, 3.63) is 48.5 Å². The molecule has 1 aromatic heterocycles. The van der Waals surface area contributed by atoms with Crippen LogP contribution in [0, 0.1) is 0 Å². The summed E-state index contributed by atoms with van der Waals surface area (Å²) in [7, 11) is -2.18. The molecule has 10 heteroatoms. The summed E-state index contributed by atoms with van der Waals surface area (Å²) in [6.07, 6.45) is 0. The van der Waals surface area contributed by atoms with Crippen molar-refractivity contribution in [3.63, 3.8) is 0 Å². The average Bonchev–Trinajstić information content (AvgIpc) is 3.21. The van der Waals surface area contributed by atoms with E-state index in [1.807, 2.05) is 18.2 Å². The smallest absolute Gasteiger partial charge is 0.244 e. The number of amides is 1. The minimum absolute atomic E-state index is 0. The molecule has 0 aliphatic carbocycles. The van der Waals surface area contributed by atoms with Crippen molar-refractivity contribution < 1.29 is 17.9 Å². The maximum atomic E-state index is 13.2. The predicted molar refractivity (Wildman–Crippen MR) is 132 cm³/mol. The number of carbonyl (C=O) groups is 1. The Morgan fingerprint density at radius 2 is 1.72 bits per heavy atom. The highest BCUT2D eigenvalue weighted by Crippen LogP contribution is 2.34. The summed E-state index contributed by atoms with van der Waals surface area (Å²) >= 11 is 1.35. The molecule has 0 N–H and O–H groups in total. The van der Waals surface area contributed by atoms with E-state index in [1.54, 1.807) is 25.3 Å². The number of hydrogen-bond donors (Lipinski definition) is 0. The van der Waals surface area contributed by atoms with Crippen molar-refractivity contribution in [2.75, 3.05) is 43.9 Å². The van der Waals surface area contributed by atoms with Gasteiger partial charge in [0.25, 0.3) is 0 Å². The van der Waals surface area contributed by atoms with Gasteiger partial charge in [-0.25, -0.2) is 13.4 Å². The van der Waals surface area contributed by atoms with Gasteiger partial charge < -0.3 is 9.64 Å². The van der Waals surface area contributed by atoms with Crippen LogP contribution in [0.1, 0.15) is 13.8 Å². The van der Waals surface area contributed by atoms with Gasteiger partial charge in [-0.3, -0.25) is 9.69 Å². The van der Waals surface area contributed by atoms with Gasteiger partial charge in [0.05, 0.1) is 16.7 Å². The lowest BCUT2D eigenvalue weighted by molar-refractivity contribution is -0.116. The number of para-hydroxylation sites is 1. The van der Waals surface area contributed by atoms with Crippen LogP contribution in [0.3, 0.4) is 0 Å². The van der Waals surface area contributed by atoms with Crippen LogP contribution in [-0.4, -0.2) is 63.3 Å². The number of anilines is 1. The van der Waals surface area contributed by atoms with Gasteiger partial charge in [-0.1, -0.05) is 49.4 Å². The van der Waals surface area contributed by atoms with Crippen LogP contribution >= 0.6 is 23.7 Å². The molecule has 0 radical (unpaired) electrons. The predicted octanol–water partition coefficient (Wildman–Crippen LogP) is 3.88. The second-order valence-corrected chi connectivity index (χ2v) is 9.95. The van der Waals surface area contributed by atoms with Crippen molar-refractivity contribution in [3.8, 4) is 5.75 Å². The fourth-order valence-corrected chi connectivity index (χ4v) is 5.50. The second kappa shape index (κ2) is 11.6. The lowest BCUT2D eigenvalue weighted by Gasteiger charge is -2.24. The van der Waals surface area contributed by atoms with E-state index in [1.165, 1.54) is 28.4 Å². The van der Waals surface area contributed by atoms with E-state index in [-0.39, 0.29) is 17.3 Å². The number of methoxy groups -OCH3 is 1. The number of halogens is 1. The van der Waals surface area contributed by atoms with E-state index >= 15 is 0 Å². The Morgan fingerprint density at radius 3 is 2.34 bits per heavy atom. The number of ether oxygens (including phenoxy) is 1. The van der Waals surface area contributed by atoms with E-state index in [0.717, 1.165) is 17.8 Å². The molecule has 2 aromatic carbocycles. The van der Waals surface area contributed by atoms with Gasteiger partial charge >= 0.3 is 0 Å². The third-order valence-electron chi connectivity index (χ3n) is 5.07. The molecule has 32 heavy (non-hydrogen) atoms. The van der Waals surface area contributed by atoms with Crippen molar-refractivity contribution in [2.24, 2.45) is 0 Å². The van der Waals surface area contributed by atoms with E-state index < -0.39 is 21.5 Å². The maximum absolute atomic E-state index is 13.2. The molecule has 0 saturated carbocycles. The maximum Gasteiger partial charge on any atom is 0.244 e. The molecule has 3 aromatic rings. The molecule has 0 unspecified atom stereocenters. The van der Waals surface area contributed by atoms with Crippen molar-refractivity contribution in [2.45, 2.75) is 18.7 Å². The molecule has 174 valence electrons. The average molecular weight is 498 g/mol. The summed E-state index contributed by atoms with van der Waals surface area (Å²) in [4.78, 5) is 21.6. The molecule has 0 bridgehead atoms. The van der Waals surface area contributed by atoms with E-state index in [4.69, 9.17) is 4.74 Å². The van der Waals surface area contributed by atoms with Gasteiger partial charge in [0.1, 0.15) is 17.0 Å². The molecule has 0 saturated heterocycles. The zero-order chi connectivity index (χ0) is 22.4. The number of rotatable bonds is 10. The zero-order valence-electron chi connectivity index (χ0n) is 18.4. The largest absolute Gasteiger partial charge is 0.494 e. The van der Waals surface area contributed by atoms with Crippen molar-refractivity contribution in [1.29, 1.82) is 0 Å². The van der Waals surface area contributed by atoms with Gasteiger partial charge in [0.2, 0.25) is 5.91 Å². The first-order valence-electron chi connectivity index (χ1n) is 10.1. The number of hydrogen-bond acceptors (Lipinski definition) is 7. The standard InChI is InChI=1S/C22H27N3O4S2.ClH/c1-4-24(5-2)14-15-25(20(26)16-31(27,28)17-10-7-6-8-11-17)22-23-21-18(29-3)12-9-13-19(21)30-22;/h6-13H,4-5,14-16H2,1-3H3;1H. The SMILES string of the molecule is CCN(CC)CCN(C(=O)CS(=O)(=O)c1ccccc1)c1nc2c(OC)cccc2s1.Cl. The molecular formula is C22H28ClN3O4S2. The number of sulfone groups is 1.